The molecule has 0 aromatic carbocycles. The first-order valence-corrected chi connectivity index (χ1v) is 11.5. The van der Waals surface area contributed by atoms with E-state index in [-0.39, 0.29) is 0 Å². The van der Waals surface area contributed by atoms with E-state index in [0.717, 1.165) is 6.04 Å². The van der Waals surface area contributed by atoms with Crippen LogP contribution in [0, 0.1) is 5.92 Å². The Morgan fingerprint density at radius 3 is 2.04 bits per heavy atom. The van der Waals surface area contributed by atoms with Gasteiger partial charge in [0.25, 0.3) is 0 Å². The Hall–Kier alpha value is -0.120. The monoisotopic (exact) mass is 369 g/mol. The molecule has 0 bridgehead atoms. The Morgan fingerprint density at radius 1 is 0.846 bits per heavy atom. The first-order valence-electron chi connectivity index (χ1n) is 11.5. The quantitative estimate of drug-likeness (QED) is 0.250. The Kier molecular flexibility index (Phi) is 13.7. The smallest absolute Gasteiger partial charge is 0.167 e. The van der Waals surface area contributed by atoms with Gasteiger partial charge in [-0.15, -0.1) is 0 Å². The number of rotatable bonds is 16. The Labute approximate surface area is 164 Å². The third-order valence-corrected chi connectivity index (χ3v) is 6.48. The second-order valence-corrected chi connectivity index (χ2v) is 8.46. The van der Waals surface area contributed by atoms with Crippen molar-refractivity contribution in [2.75, 3.05) is 20.8 Å². The second-order valence-electron chi connectivity index (χ2n) is 8.46. The summed E-state index contributed by atoms with van der Waals surface area (Å²) in [7, 11) is 3.59. The van der Waals surface area contributed by atoms with Gasteiger partial charge < -0.3 is 14.8 Å². The van der Waals surface area contributed by atoms with Gasteiger partial charge in [-0.25, -0.2) is 0 Å². The fraction of sp³-hybridized carbons (Fsp3) is 1.00. The molecule has 0 aromatic heterocycles. The molecule has 1 aliphatic rings. The van der Waals surface area contributed by atoms with Crippen molar-refractivity contribution in [3.05, 3.63) is 0 Å². The topological polar surface area (TPSA) is 30.5 Å². The molecule has 0 aromatic rings. The van der Waals surface area contributed by atoms with E-state index in [9.17, 15) is 0 Å². The average Bonchev–Trinajstić information content (AvgIpc) is 2.69. The van der Waals surface area contributed by atoms with Gasteiger partial charge in [0.15, 0.2) is 5.79 Å². The van der Waals surface area contributed by atoms with Gasteiger partial charge in [0.2, 0.25) is 0 Å². The van der Waals surface area contributed by atoms with Gasteiger partial charge in [0, 0.05) is 26.2 Å². The number of methoxy groups -OCH3 is 2. The molecule has 0 aliphatic heterocycles. The van der Waals surface area contributed by atoms with Gasteiger partial charge in [-0.3, -0.25) is 0 Å². The highest BCUT2D eigenvalue weighted by molar-refractivity contribution is 4.76. The van der Waals surface area contributed by atoms with Gasteiger partial charge in [-0.05, 0) is 45.6 Å². The van der Waals surface area contributed by atoms with E-state index < -0.39 is 5.79 Å². The fourth-order valence-electron chi connectivity index (χ4n) is 4.39. The zero-order valence-corrected chi connectivity index (χ0v) is 18.3. The summed E-state index contributed by atoms with van der Waals surface area (Å²) in [6, 6.07) is 0.783. The lowest BCUT2D eigenvalue weighted by Crippen LogP contribution is -2.39. The van der Waals surface area contributed by atoms with Crippen LogP contribution >= 0.6 is 0 Å². The van der Waals surface area contributed by atoms with E-state index in [0.29, 0.717) is 5.92 Å². The van der Waals surface area contributed by atoms with Crippen LogP contribution in [-0.4, -0.2) is 32.6 Å². The van der Waals surface area contributed by atoms with Crippen molar-refractivity contribution >= 4 is 0 Å². The molecule has 3 nitrogen and oxygen atoms in total. The maximum atomic E-state index is 5.76. The molecular weight excluding hydrogens is 322 g/mol. The minimum Gasteiger partial charge on any atom is -0.353 e. The number of hydrogen-bond donors (Lipinski definition) is 1. The summed E-state index contributed by atoms with van der Waals surface area (Å²) in [6.07, 6.45) is 20.1. The predicted molar refractivity (Wildman–Crippen MR) is 113 cm³/mol. The minimum atomic E-state index is -0.430. The molecule has 1 aliphatic carbocycles. The first-order chi connectivity index (χ1) is 12.7. The Morgan fingerprint density at radius 2 is 1.42 bits per heavy atom. The van der Waals surface area contributed by atoms with E-state index in [4.69, 9.17) is 9.47 Å². The summed E-state index contributed by atoms with van der Waals surface area (Å²) >= 11 is 0. The zero-order chi connectivity index (χ0) is 19.1. The van der Waals surface area contributed by atoms with Crippen LogP contribution in [0.5, 0.6) is 0 Å². The summed E-state index contributed by atoms with van der Waals surface area (Å²) in [5, 5.41) is 3.77. The lowest BCUT2D eigenvalue weighted by Gasteiger charge is -2.35. The van der Waals surface area contributed by atoms with Crippen LogP contribution in [0.1, 0.15) is 110 Å². The van der Waals surface area contributed by atoms with Gasteiger partial charge in [-0.1, -0.05) is 71.1 Å². The highest BCUT2D eigenvalue weighted by atomic mass is 16.7. The van der Waals surface area contributed by atoms with Crippen LogP contribution in [0.3, 0.4) is 0 Å². The summed E-state index contributed by atoms with van der Waals surface area (Å²) < 4.78 is 11.5. The molecule has 0 heterocycles. The van der Waals surface area contributed by atoms with E-state index in [1.165, 1.54) is 103 Å². The number of hydrogen-bond acceptors (Lipinski definition) is 3. The highest BCUT2D eigenvalue weighted by Crippen LogP contribution is 2.31. The molecule has 0 spiro atoms. The van der Waals surface area contributed by atoms with E-state index in [2.05, 4.69) is 19.2 Å². The fourth-order valence-corrected chi connectivity index (χ4v) is 4.39. The van der Waals surface area contributed by atoms with Gasteiger partial charge in [0.1, 0.15) is 0 Å². The van der Waals surface area contributed by atoms with Crippen molar-refractivity contribution in [1.82, 2.24) is 5.32 Å². The Balaban J connectivity index is 2.25. The van der Waals surface area contributed by atoms with Crippen LogP contribution in [-0.2, 0) is 9.47 Å². The largest absolute Gasteiger partial charge is 0.353 e. The molecule has 1 fully saturated rings. The number of ether oxygens (including phenoxy) is 2. The van der Waals surface area contributed by atoms with Gasteiger partial charge >= 0.3 is 0 Å². The van der Waals surface area contributed by atoms with E-state index in [1.807, 2.05) is 0 Å². The number of unbranched alkanes of at least 4 members (excludes halogenated alkanes) is 6. The summed E-state index contributed by atoms with van der Waals surface area (Å²) in [5.41, 5.74) is 0. The summed E-state index contributed by atoms with van der Waals surface area (Å²) in [4.78, 5) is 0. The molecule has 1 unspecified atom stereocenters. The third-order valence-electron chi connectivity index (χ3n) is 6.48. The van der Waals surface area contributed by atoms with Crippen molar-refractivity contribution in [2.45, 2.75) is 122 Å². The van der Waals surface area contributed by atoms with Crippen LogP contribution < -0.4 is 5.32 Å². The van der Waals surface area contributed by atoms with Gasteiger partial charge in [-0.2, -0.15) is 0 Å². The van der Waals surface area contributed by atoms with Crippen molar-refractivity contribution in [2.24, 2.45) is 5.92 Å². The molecule has 1 atom stereocenters. The second kappa shape index (κ2) is 14.9. The molecule has 1 saturated carbocycles. The Bertz CT molecular complexity index is 311. The van der Waals surface area contributed by atoms with E-state index >= 15 is 0 Å². The maximum Gasteiger partial charge on any atom is 0.167 e. The molecule has 0 amide bonds. The number of nitrogens with one attached hydrogen (secondary N) is 1. The highest BCUT2D eigenvalue weighted by Gasteiger charge is 2.33. The van der Waals surface area contributed by atoms with Crippen molar-refractivity contribution in [3.8, 4) is 0 Å². The summed E-state index contributed by atoms with van der Waals surface area (Å²) in [6.45, 7) is 5.57. The van der Waals surface area contributed by atoms with Crippen LogP contribution in [0.4, 0.5) is 0 Å². The zero-order valence-electron chi connectivity index (χ0n) is 18.3. The van der Waals surface area contributed by atoms with Gasteiger partial charge in [0.05, 0.1) is 0 Å². The molecule has 156 valence electrons. The lowest BCUT2D eigenvalue weighted by molar-refractivity contribution is -0.230. The minimum absolute atomic E-state index is 0.430. The first kappa shape index (κ1) is 23.9. The normalized spacial score (nSPS) is 17.5. The molecule has 3 heteroatoms. The molecule has 1 N–H and O–H groups in total. The summed E-state index contributed by atoms with van der Waals surface area (Å²) in [5.74, 6) is 0.0681. The van der Waals surface area contributed by atoms with Crippen LogP contribution in [0.2, 0.25) is 0 Å². The molecule has 0 saturated heterocycles. The maximum absolute atomic E-state index is 5.76. The van der Waals surface area contributed by atoms with Crippen LogP contribution in [0.25, 0.3) is 0 Å². The van der Waals surface area contributed by atoms with Crippen LogP contribution in [0.15, 0.2) is 0 Å². The SMILES string of the molecule is CCCCCCCCC(CCCCNC1CCCCC1)C(C)(OC)OC. The van der Waals surface area contributed by atoms with Crippen molar-refractivity contribution < 1.29 is 9.47 Å². The van der Waals surface area contributed by atoms with E-state index in [1.54, 1.807) is 14.2 Å². The molecule has 0 radical (unpaired) electrons. The van der Waals surface area contributed by atoms with Crippen molar-refractivity contribution in [3.63, 3.8) is 0 Å². The third kappa shape index (κ3) is 9.71. The standard InChI is InChI=1S/C23H47NO2/c1-5-6-7-8-9-11-16-21(23(2,25-3)26-4)17-14-15-20-24-22-18-12-10-13-19-22/h21-22,24H,5-20H2,1-4H3. The lowest BCUT2D eigenvalue weighted by atomic mass is 9.88. The predicted octanol–water partition coefficient (Wildman–Crippen LogP) is 6.45. The molecule has 26 heavy (non-hydrogen) atoms. The molecule has 1 rings (SSSR count). The molecular formula is C23H47NO2. The van der Waals surface area contributed by atoms with Crippen molar-refractivity contribution in [1.29, 1.82) is 0 Å². The average molecular weight is 370 g/mol.